The van der Waals surface area contributed by atoms with E-state index in [1.807, 2.05) is 27.7 Å². The average Bonchev–Trinajstić information content (AvgIpc) is 2.83. The van der Waals surface area contributed by atoms with E-state index in [4.69, 9.17) is 0 Å². The summed E-state index contributed by atoms with van der Waals surface area (Å²) in [4.78, 5) is 52.6. The van der Waals surface area contributed by atoms with Gasteiger partial charge in [0.15, 0.2) is 22.4 Å². The van der Waals surface area contributed by atoms with Gasteiger partial charge >= 0.3 is 0 Å². The first-order valence-electron chi connectivity index (χ1n) is 12.4. The van der Waals surface area contributed by atoms with Gasteiger partial charge in [-0.1, -0.05) is 27.7 Å². The minimum atomic E-state index is -0.902. The topological polar surface area (TPSA) is 149 Å². The summed E-state index contributed by atoms with van der Waals surface area (Å²) in [5.74, 6) is -1.77. The summed E-state index contributed by atoms with van der Waals surface area (Å²) in [5.41, 5.74) is -3.45. The van der Waals surface area contributed by atoms with Crippen molar-refractivity contribution in [1.82, 2.24) is 0 Å². The Hall–Kier alpha value is -4.20. The zero-order chi connectivity index (χ0) is 28.4. The summed E-state index contributed by atoms with van der Waals surface area (Å²) in [6, 6.07) is 1.96. The highest BCUT2D eigenvalue weighted by Gasteiger charge is 2.30. The molecule has 2 aliphatic rings. The molecule has 0 amide bonds. The van der Waals surface area contributed by atoms with Crippen LogP contribution in [0.3, 0.4) is 0 Å². The quantitative estimate of drug-likeness (QED) is 0.177. The Morgan fingerprint density at radius 3 is 1.79 bits per heavy atom. The molecule has 2 aliphatic carbocycles. The number of benzene rings is 4. The first-order chi connectivity index (χ1) is 17.7. The molecule has 198 valence electrons. The molecule has 0 unspecified atom stereocenters. The predicted molar refractivity (Wildman–Crippen MR) is 147 cm³/mol. The molecule has 4 N–H and O–H groups in total. The van der Waals surface area contributed by atoms with Crippen LogP contribution in [0.4, 0.5) is 0 Å². The first-order valence-corrected chi connectivity index (χ1v) is 12.4. The van der Waals surface area contributed by atoms with Crippen LogP contribution in [0.25, 0.3) is 33.0 Å². The Labute approximate surface area is 218 Å². The fraction of sp³-hybridized carbons (Fsp3) is 0.333. The van der Waals surface area contributed by atoms with Gasteiger partial charge in [0.05, 0.1) is 0 Å². The van der Waals surface area contributed by atoms with E-state index in [2.05, 4.69) is 0 Å². The Bertz CT molecular complexity index is 1800. The minimum Gasteiger partial charge on any atom is -0.507 e. The Balaban J connectivity index is 2.22. The molecular formula is C30H30O8. The third-order valence-corrected chi connectivity index (χ3v) is 7.07. The van der Waals surface area contributed by atoms with Gasteiger partial charge in [0, 0.05) is 61.3 Å². The van der Waals surface area contributed by atoms with Crippen molar-refractivity contribution in [2.24, 2.45) is 11.8 Å². The second-order valence-electron chi connectivity index (χ2n) is 10.8. The van der Waals surface area contributed by atoms with Crippen molar-refractivity contribution in [3.05, 3.63) is 75.3 Å². The Morgan fingerprint density at radius 2 is 1.21 bits per heavy atom. The summed E-state index contributed by atoms with van der Waals surface area (Å²) < 4.78 is 0. The summed E-state index contributed by atoms with van der Waals surface area (Å²) in [5, 5.41) is 43.7. The van der Waals surface area contributed by atoms with Crippen LogP contribution in [0.15, 0.2) is 31.3 Å². The van der Waals surface area contributed by atoms with E-state index in [-0.39, 0.29) is 85.7 Å². The standard InChI is InChI=1S/C30H30O8/c1-11(2)7-15-23-17(9-19(31)27(15)35)29(37)21(13(5)25(23)33)22-14(6)26(34)24-16(8-12(3)4)28(36)20(32)10-18(24)30(22)38/h9-12,31,33,35,37H,7-8H2,1-6H3. The van der Waals surface area contributed by atoms with E-state index in [0.717, 1.165) is 12.1 Å². The second kappa shape index (κ2) is 9.28. The van der Waals surface area contributed by atoms with Crippen LogP contribution in [0.5, 0.6) is 23.0 Å². The van der Waals surface area contributed by atoms with Crippen molar-refractivity contribution in [2.75, 3.05) is 0 Å². The summed E-state index contributed by atoms with van der Waals surface area (Å²) >= 11 is 0. The smallest absolute Gasteiger partial charge is 0.229 e. The second-order valence-corrected chi connectivity index (χ2v) is 10.8. The maximum Gasteiger partial charge on any atom is 0.229 e. The summed E-state index contributed by atoms with van der Waals surface area (Å²) in [6.45, 7) is 10.3. The Morgan fingerprint density at radius 1 is 0.632 bits per heavy atom. The Kier molecular flexibility index (Phi) is 6.55. The van der Waals surface area contributed by atoms with Gasteiger partial charge in [0.2, 0.25) is 10.9 Å². The number of hydrogen-bond acceptors (Lipinski definition) is 8. The first kappa shape index (κ1) is 26.9. The molecule has 2 aromatic rings. The molecule has 0 aliphatic heterocycles. The third-order valence-electron chi connectivity index (χ3n) is 7.07. The highest BCUT2D eigenvalue weighted by Crippen LogP contribution is 2.50. The maximum absolute atomic E-state index is 13.8. The lowest BCUT2D eigenvalue weighted by molar-refractivity contribution is 0.397. The van der Waals surface area contributed by atoms with Crippen LogP contribution in [0.1, 0.15) is 49.9 Å². The fourth-order valence-corrected chi connectivity index (χ4v) is 5.34. The summed E-state index contributed by atoms with van der Waals surface area (Å²) in [6.07, 6.45) is 0.415. The van der Waals surface area contributed by atoms with Crippen molar-refractivity contribution in [2.45, 2.75) is 54.4 Å². The van der Waals surface area contributed by atoms with E-state index in [1.54, 1.807) is 0 Å². The van der Waals surface area contributed by atoms with Crippen molar-refractivity contribution in [1.29, 1.82) is 0 Å². The molecule has 8 heteroatoms. The molecule has 0 saturated carbocycles. The van der Waals surface area contributed by atoms with Crippen molar-refractivity contribution >= 4 is 10.8 Å². The van der Waals surface area contributed by atoms with Crippen LogP contribution in [-0.2, 0) is 12.8 Å². The van der Waals surface area contributed by atoms with Crippen LogP contribution in [0.2, 0.25) is 0 Å². The van der Waals surface area contributed by atoms with Gasteiger partial charge in [-0.3, -0.25) is 19.2 Å². The van der Waals surface area contributed by atoms with Gasteiger partial charge in [-0.25, -0.2) is 0 Å². The molecule has 0 fully saturated rings. The van der Waals surface area contributed by atoms with Crippen LogP contribution >= 0.6 is 0 Å². The van der Waals surface area contributed by atoms with Gasteiger partial charge in [0.25, 0.3) is 0 Å². The molecular weight excluding hydrogens is 488 g/mol. The lowest BCUT2D eigenvalue weighted by Gasteiger charge is -2.21. The molecule has 38 heavy (non-hydrogen) atoms. The zero-order valence-electron chi connectivity index (χ0n) is 22.1. The molecule has 4 rings (SSSR count). The van der Waals surface area contributed by atoms with Crippen molar-refractivity contribution in [3.8, 4) is 45.3 Å². The normalized spacial score (nSPS) is 11.9. The van der Waals surface area contributed by atoms with Crippen molar-refractivity contribution in [3.63, 3.8) is 0 Å². The predicted octanol–water partition coefficient (Wildman–Crippen LogP) is 3.76. The SMILES string of the molecule is Cc1c(-c2c(C)c(=O)c3c(CC(C)C)c(=O)c(=O)cc-3c2=O)c(O)c2cc(O)c(O)c(CC(C)C)c2c1O. The maximum atomic E-state index is 13.8. The van der Waals surface area contributed by atoms with E-state index in [1.165, 1.54) is 13.8 Å². The number of phenolic OH excluding ortho intramolecular Hbond substituents is 4. The van der Waals surface area contributed by atoms with Gasteiger partial charge in [0.1, 0.15) is 11.5 Å². The van der Waals surface area contributed by atoms with Crippen LogP contribution in [-0.4, -0.2) is 20.4 Å². The highest BCUT2D eigenvalue weighted by molar-refractivity contribution is 6.05. The van der Waals surface area contributed by atoms with Gasteiger partial charge < -0.3 is 20.4 Å². The number of phenols is 4. The molecule has 0 spiro atoms. The van der Waals surface area contributed by atoms with Gasteiger partial charge in [-0.15, -0.1) is 0 Å². The minimum absolute atomic E-state index is 0.000257. The molecule has 0 atom stereocenters. The number of rotatable bonds is 5. The molecule has 0 aromatic heterocycles. The van der Waals surface area contributed by atoms with Crippen molar-refractivity contribution < 1.29 is 20.4 Å². The van der Waals surface area contributed by atoms with E-state index < -0.39 is 39.0 Å². The molecule has 8 nitrogen and oxygen atoms in total. The van der Waals surface area contributed by atoms with E-state index >= 15 is 0 Å². The molecule has 2 aromatic carbocycles. The zero-order valence-corrected chi connectivity index (χ0v) is 22.1. The fourth-order valence-electron chi connectivity index (χ4n) is 5.34. The van der Waals surface area contributed by atoms with Gasteiger partial charge in [-0.2, -0.15) is 0 Å². The van der Waals surface area contributed by atoms with E-state index in [9.17, 15) is 39.6 Å². The monoisotopic (exact) mass is 518 g/mol. The van der Waals surface area contributed by atoms with Gasteiger partial charge in [-0.05, 0) is 44.6 Å². The number of aromatic hydroxyl groups is 4. The molecule has 0 bridgehead atoms. The number of fused-ring (bicyclic) bond motifs is 2. The highest BCUT2D eigenvalue weighted by atomic mass is 16.3. The average molecular weight is 519 g/mol. The van der Waals surface area contributed by atoms with Crippen LogP contribution < -0.4 is 21.7 Å². The number of hydrogen-bond donors (Lipinski definition) is 4. The third kappa shape index (κ3) is 3.91. The largest absolute Gasteiger partial charge is 0.507 e. The van der Waals surface area contributed by atoms with E-state index in [0.29, 0.717) is 0 Å². The molecule has 0 radical (unpaired) electrons. The molecule has 0 heterocycles. The lowest BCUT2D eigenvalue weighted by atomic mass is 9.83. The lowest BCUT2D eigenvalue weighted by Crippen LogP contribution is -2.35. The summed E-state index contributed by atoms with van der Waals surface area (Å²) in [7, 11) is 0. The molecule has 0 saturated heterocycles. The van der Waals surface area contributed by atoms with Crippen LogP contribution in [0, 0.1) is 25.7 Å².